The first-order valence-corrected chi connectivity index (χ1v) is 7.59. The molecule has 1 atom stereocenters. The number of carbonyl (C=O) groups is 1. The fourth-order valence-corrected chi connectivity index (χ4v) is 2.79. The molecule has 0 aliphatic carbocycles. The molecule has 0 saturated carbocycles. The van der Waals surface area contributed by atoms with E-state index < -0.39 is 0 Å². The number of rotatable bonds is 4. The first-order valence-electron chi connectivity index (χ1n) is 7.59. The minimum absolute atomic E-state index is 0.0130. The van der Waals surface area contributed by atoms with Crippen LogP contribution in [0.1, 0.15) is 56.0 Å². The van der Waals surface area contributed by atoms with Gasteiger partial charge in [0.25, 0.3) is 5.91 Å². The van der Waals surface area contributed by atoms with E-state index in [0.29, 0.717) is 6.04 Å². The molecule has 1 aliphatic heterocycles. The normalized spacial score (nSPS) is 19.1. The molecule has 110 valence electrons. The van der Waals surface area contributed by atoms with Crippen molar-refractivity contribution < 1.29 is 4.79 Å². The summed E-state index contributed by atoms with van der Waals surface area (Å²) in [6.07, 6.45) is 3.50. The second-order valence-electron chi connectivity index (χ2n) is 6.63. The predicted octanol–water partition coefficient (Wildman–Crippen LogP) is 2.86. The summed E-state index contributed by atoms with van der Waals surface area (Å²) in [5, 5.41) is 6.51. The van der Waals surface area contributed by atoms with Crippen molar-refractivity contribution in [2.45, 2.75) is 51.5 Å². The zero-order valence-electron chi connectivity index (χ0n) is 12.8. The molecule has 1 amide bonds. The Hall–Kier alpha value is -1.35. The first-order chi connectivity index (χ1) is 9.48. The fraction of sp³-hybridized carbons (Fsp3) is 0.588. The zero-order chi connectivity index (χ0) is 14.6. The molecular weight excluding hydrogens is 248 g/mol. The van der Waals surface area contributed by atoms with Crippen LogP contribution in [0.5, 0.6) is 0 Å². The van der Waals surface area contributed by atoms with Crippen molar-refractivity contribution in [3.8, 4) is 0 Å². The van der Waals surface area contributed by atoms with Gasteiger partial charge in [-0.15, -0.1) is 0 Å². The van der Waals surface area contributed by atoms with Gasteiger partial charge in [0.2, 0.25) is 0 Å². The second kappa shape index (κ2) is 6.40. The maximum absolute atomic E-state index is 12.4. The third kappa shape index (κ3) is 3.83. The van der Waals surface area contributed by atoms with Gasteiger partial charge in [-0.3, -0.25) is 4.79 Å². The van der Waals surface area contributed by atoms with Crippen molar-refractivity contribution in [3.63, 3.8) is 0 Å². The van der Waals surface area contributed by atoms with Crippen LogP contribution in [-0.2, 0) is 5.41 Å². The number of hydrogen-bond acceptors (Lipinski definition) is 2. The Balaban J connectivity index is 1.95. The monoisotopic (exact) mass is 274 g/mol. The van der Waals surface area contributed by atoms with Gasteiger partial charge in [-0.05, 0) is 42.9 Å². The summed E-state index contributed by atoms with van der Waals surface area (Å²) >= 11 is 0. The van der Waals surface area contributed by atoms with E-state index >= 15 is 0 Å². The molecule has 2 rings (SSSR count). The molecule has 1 fully saturated rings. The smallest absolute Gasteiger partial charge is 0.251 e. The highest BCUT2D eigenvalue weighted by molar-refractivity contribution is 5.96. The van der Waals surface area contributed by atoms with Gasteiger partial charge < -0.3 is 10.6 Å². The van der Waals surface area contributed by atoms with Crippen molar-refractivity contribution in [3.05, 3.63) is 35.4 Å². The maximum Gasteiger partial charge on any atom is 0.251 e. The number of carbonyl (C=O) groups excluding carboxylic acids is 1. The van der Waals surface area contributed by atoms with E-state index in [1.165, 1.54) is 12.8 Å². The Morgan fingerprint density at radius 2 is 2.10 bits per heavy atom. The van der Waals surface area contributed by atoms with E-state index in [4.69, 9.17) is 0 Å². The molecule has 1 saturated heterocycles. The number of benzene rings is 1. The summed E-state index contributed by atoms with van der Waals surface area (Å²) in [5.41, 5.74) is 1.90. The molecule has 1 aromatic carbocycles. The van der Waals surface area contributed by atoms with Crippen LogP contribution < -0.4 is 10.6 Å². The van der Waals surface area contributed by atoms with Crippen molar-refractivity contribution >= 4 is 5.91 Å². The van der Waals surface area contributed by atoms with Gasteiger partial charge in [0.15, 0.2) is 0 Å². The van der Waals surface area contributed by atoms with Gasteiger partial charge in [0.1, 0.15) is 0 Å². The highest BCUT2D eigenvalue weighted by Gasteiger charge is 2.21. The van der Waals surface area contributed by atoms with Gasteiger partial charge in [0.05, 0.1) is 0 Å². The highest BCUT2D eigenvalue weighted by atomic mass is 16.1. The summed E-state index contributed by atoms with van der Waals surface area (Å²) in [6.45, 7) is 8.28. The summed E-state index contributed by atoms with van der Waals surface area (Å²) in [6, 6.07) is 8.48. The van der Waals surface area contributed by atoms with Crippen molar-refractivity contribution in [2.75, 3.05) is 13.1 Å². The lowest BCUT2D eigenvalue weighted by Gasteiger charge is -2.22. The first kappa shape index (κ1) is 15.0. The predicted molar refractivity (Wildman–Crippen MR) is 83.1 cm³/mol. The number of amides is 1. The lowest BCUT2D eigenvalue weighted by atomic mass is 9.83. The average Bonchev–Trinajstić information content (AvgIpc) is 2.91. The van der Waals surface area contributed by atoms with E-state index in [1.54, 1.807) is 0 Å². The van der Waals surface area contributed by atoms with Gasteiger partial charge in [-0.1, -0.05) is 39.0 Å². The Morgan fingerprint density at radius 3 is 2.75 bits per heavy atom. The Labute approximate surface area is 122 Å². The van der Waals surface area contributed by atoms with Gasteiger partial charge >= 0.3 is 0 Å². The Bertz CT molecular complexity index is 456. The molecule has 0 bridgehead atoms. The highest BCUT2D eigenvalue weighted by Crippen LogP contribution is 2.25. The van der Waals surface area contributed by atoms with E-state index in [-0.39, 0.29) is 11.3 Å². The Kier molecular flexibility index (Phi) is 4.81. The van der Waals surface area contributed by atoms with Crippen LogP contribution in [0.3, 0.4) is 0 Å². The third-order valence-electron chi connectivity index (χ3n) is 3.92. The quantitative estimate of drug-likeness (QED) is 0.886. The van der Waals surface area contributed by atoms with E-state index in [0.717, 1.165) is 30.6 Å². The molecule has 2 N–H and O–H groups in total. The van der Waals surface area contributed by atoms with E-state index in [9.17, 15) is 4.79 Å². The molecule has 1 aromatic rings. The van der Waals surface area contributed by atoms with Crippen molar-refractivity contribution in [1.82, 2.24) is 10.6 Å². The summed E-state index contributed by atoms with van der Waals surface area (Å²) in [4.78, 5) is 12.4. The van der Waals surface area contributed by atoms with Gasteiger partial charge in [0, 0.05) is 18.2 Å². The minimum Gasteiger partial charge on any atom is -0.352 e. The summed E-state index contributed by atoms with van der Waals surface area (Å²) in [5.74, 6) is 0.0496. The van der Waals surface area contributed by atoms with Crippen LogP contribution in [-0.4, -0.2) is 25.0 Å². The van der Waals surface area contributed by atoms with Crippen LogP contribution >= 0.6 is 0 Å². The topological polar surface area (TPSA) is 41.1 Å². The van der Waals surface area contributed by atoms with Gasteiger partial charge in [-0.25, -0.2) is 0 Å². The summed E-state index contributed by atoms with van der Waals surface area (Å²) in [7, 11) is 0. The zero-order valence-corrected chi connectivity index (χ0v) is 12.8. The molecule has 3 nitrogen and oxygen atoms in total. The number of nitrogens with one attached hydrogen (secondary N) is 2. The van der Waals surface area contributed by atoms with Crippen LogP contribution in [0, 0.1) is 0 Å². The maximum atomic E-state index is 12.4. The lowest BCUT2D eigenvalue weighted by molar-refractivity contribution is 0.0950. The molecule has 0 aromatic heterocycles. The lowest BCUT2D eigenvalue weighted by Crippen LogP contribution is -2.32. The standard InChI is InChI=1S/C17H26N2O/c1-17(2,3)15-9-5-4-8-14(15)16(20)19-12-10-13-7-6-11-18-13/h4-5,8-9,13,18H,6-7,10-12H2,1-3H3,(H,19,20)/t13-/m0/s1. The van der Waals surface area contributed by atoms with Crippen LogP contribution in [0.2, 0.25) is 0 Å². The summed E-state index contributed by atoms with van der Waals surface area (Å²) < 4.78 is 0. The van der Waals surface area contributed by atoms with E-state index in [1.807, 2.05) is 24.3 Å². The van der Waals surface area contributed by atoms with Crippen molar-refractivity contribution in [1.29, 1.82) is 0 Å². The van der Waals surface area contributed by atoms with E-state index in [2.05, 4.69) is 31.4 Å². The largest absolute Gasteiger partial charge is 0.352 e. The molecule has 1 heterocycles. The SMILES string of the molecule is CC(C)(C)c1ccccc1C(=O)NCC[C@@H]1CCCN1. The fourth-order valence-electron chi connectivity index (χ4n) is 2.79. The van der Waals surface area contributed by atoms with Crippen LogP contribution in [0.15, 0.2) is 24.3 Å². The molecule has 20 heavy (non-hydrogen) atoms. The minimum atomic E-state index is -0.0130. The average molecular weight is 274 g/mol. The number of hydrogen-bond donors (Lipinski definition) is 2. The molecule has 0 radical (unpaired) electrons. The van der Waals surface area contributed by atoms with Gasteiger partial charge in [-0.2, -0.15) is 0 Å². The molecule has 0 spiro atoms. The third-order valence-corrected chi connectivity index (χ3v) is 3.92. The van der Waals surface area contributed by atoms with Crippen LogP contribution in [0.4, 0.5) is 0 Å². The second-order valence-corrected chi connectivity index (χ2v) is 6.63. The van der Waals surface area contributed by atoms with Crippen molar-refractivity contribution in [2.24, 2.45) is 0 Å². The molecule has 0 unspecified atom stereocenters. The molecule has 3 heteroatoms. The Morgan fingerprint density at radius 1 is 1.35 bits per heavy atom. The molecule has 1 aliphatic rings. The molecular formula is C17H26N2O. The van der Waals surface area contributed by atoms with Crippen LogP contribution in [0.25, 0.3) is 0 Å².